The number of rotatable bonds is 7. The molecule has 0 aromatic rings. The summed E-state index contributed by atoms with van der Waals surface area (Å²) in [6.45, 7) is 2.05. The summed E-state index contributed by atoms with van der Waals surface area (Å²) >= 11 is 10.6. The van der Waals surface area contributed by atoms with Crippen molar-refractivity contribution >= 4 is 46.8 Å². The van der Waals surface area contributed by atoms with Gasteiger partial charge in [0.2, 0.25) is 0 Å². The number of thiol groups is 1. The molecule has 0 heterocycles. The molecule has 0 aromatic carbocycles. The highest BCUT2D eigenvalue weighted by molar-refractivity contribution is 8.23. The lowest BCUT2D eigenvalue weighted by molar-refractivity contribution is -0.139. The van der Waals surface area contributed by atoms with Gasteiger partial charge in [-0.15, -0.1) is 11.8 Å². The van der Waals surface area contributed by atoms with Crippen molar-refractivity contribution in [2.45, 2.75) is 26.2 Å². The van der Waals surface area contributed by atoms with Gasteiger partial charge in [0.25, 0.3) is 0 Å². The van der Waals surface area contributed by atoms with Crippen molar-refractivity contribution in [3.8, 4) is 0 Å². The molecule has 0 saturated carbocycles. The molecule has 1 N–H and O–H groups in total. The Morgan fingerprint density at radius 3 is 2.71 bits per heavy atom. The zero-order valence-corrected chi connectivity index (χ0v) is 10.8. The van der Waals surface area contributed by atoms with Crippen LogP contribution in [0, 0.1) is 5.92 Å². The summed E-state index contributed by atoms with van der Waals surface area (Å²) < 4.78 is 0.612. The first-order chi connectivity index (χ1) is 6.63. The zero-order chi connectivity index (χ0) is 11.0. The number of hydrogen-bond donors (Lipinski definition) is 2. The van der Waals surface area contributed by atoms with E-state index in [-0.39, 0.29) is 0 Å². The standard InChI is InChI=1S/C9H16O2S3/c1-2-6-14-9(13)7(8(10)11)4-3-5-12/h7,12H,2-6H2,1H3,(H,10,11). The number of carboxylic acids is 1. The Labute approximate surface area is 100 Å². The van der Waals surface area contributed by atoms with Crippen molar-refractivity contribution in [1.82, 2.24) is 0 Å². The molecule has 0 bridgehead atoms. The van der Waals surface area contributed by atoms with Crippen LogP contribution >= 0.6 is 36.6 Å². The van der Waals surface area contributed by atoms with Crippen LogP contribution in [0.1, 0.15) is 26.2 Å². The van der Waals surface area contributed by atoms with Crippen LogP contribution in [0.5, 0.6) is 0 Å². The number of thioether (sulfide) groups is 1. The molecule has 0 spiro atoms. The van der Waals surface area contributed by atoms with E-state index in [9.17, 15) is 4.79 Å². The van der Waals surface area contributed by atoms with Crippen molar-refractivity contribution in [3.05, 3.63) is 0 Å². The van der Waals surface area contributed by atoms with Crippen molar-refractivity contribution in [2.24, 2.45) is 5.92 Å². The largest absolute Gasteiger partial charge is 0.481 e. The fourth-order valence-electron chi connectivity index (χ4n) is 0.941. The van der Waals surface area contributed by atoms with Crippen LogP contribution in [-0.4, -0.2) is 26.8 Å². The number of aliphatic carboxylic acids is 1. The highest BCUT2D eigenvalue weighted by Crippen LogP contribution is 2.19. The van der Waals surface area contributed by atoms with Gasteiger partial charge >= 0.3 is 5.97 Å². The zero-order valence-electron chi connectivity index (χ0n) is 8.23. The highest BCUT2D eigenvalue weighted by atomic mass is 32.2. The third-order valence-corrected chi connectivity index (χ3v) is 3.82. The number of hydrogen-bond acceptors (Lipinski definition) is 4. The maximum absolute atomic E-state index is 10.9. The minimum Gasteiger partial charge on any atom is -0.481 e. The van der Waals surface area contributed by atoms with Crippen LogP contribution in [0.2, 0.25) is 0 Å². The fourth-order valence-corrected chi connectivity index (χ4v) is 2.42. The molecule has 1 unspecified atom stereocenters. The Bertz CT molecular complexity index is 194. The first-order valence-corrected chi connectivity index (χ1v) is 6.66. The SMILES string of the molecule is CCCSC(=S)C(CCCS)C(=O)O. The molecule has 0 aliphatic heterocycles. The van der Waals surface area contributed by atoms with E-state index >= 15 is 0 Å². The summed E-state index contributed by atoms with van der Waals surface area (Å²) in [6, 6.07) is 0. The van der Waals surface area contributed by atoms with Crippen molar-refractivity contribution in [1.29, 1.82) is 0 Å². The second-order valence-electron chi connectivity index (χ2n) is 2.92. The van der Waals surface area contributed by atoms with Gasteiger partial charge in [0.05, 0.1) is 10.1 Å². The Kier molecular flexibility index (Phi) is 8.72. The van der Waals surface area contributed by atoms with E-state index < -0.39 is 11.9 Å². The summed E-state index contributed by atoms with van der Waals surface area (Å²) in [6.07, 6.45) is 2.42. The lowest BCUT2D eigenvalue weighted by Crippen LogP contribution is -2.20. The molecule has 1 atom stereocenters. The second kappa shape index (κ2) is 8.56. The predicted octanol–water partition coefficient (Wildman–Crippen LogP) is 2.87. The molecule has 0 fully saturated rings. The van der Waals surface area contributed by atoms with Gasteiger partial charge in [0, 0.05) is 0 Å². The normalized spacial score (nSPS) is 12.4. The molecular formula is C9H16O2S3. The Morgan fingerprint density at radius 2 is 2.29 bits per heavy atom. The molecule has 2 nitrogen and oxygen atoms in total. The minimum atomic E-state index is -0.805. The third-order valence-electron chi connectivity index (χ3n) is 1.68. The van der Waals surface area contributed by atoms with Gasteiger partial charge in [-0.1, -0.05) is 19.1 Å². The highest BCUT2D eigenvalue weighted by Gasteiger charge is 2.21. The summed E-state index contributed by atoms with van der Waals surface area (Å²) in [5.41, 5.74) is 0. The lowest BCUT2D eigenvalue weighted by Gasteiger charge is -2.12. The van der Waals surface area contributed by atoms with Gasteiger partial charge in [0.1, 0.15) is 0 Å². The Morgan fingerprint density at radius 1 is 1.64 bits per heavy atom. The molecule has 0 aliphatic carbocycles. The van der Waals surface area contributed by atoms with Gasteiger partial charge in [-0.2, -0.15) is 12.6 Å². The number of thiocarbonyl (C=S) groups is 1. The van der Waals surface area contributed by atoms with E-state index in [4.69, 9.17) is 17.3 Å². The molecule has 0 amide bonds. The lowest BCUT2D eigenvalue weighted by atomic mass is 10.1. The van der Waals surface area contributed by atoms with Crippen molar-refractivity contribution in [3.63, 3.8) is 0 Å². The molecule has 0 rings (SSSR count). The molecule has 0 radical (unpaired) electrons. The van der Waals surface area contributed by atoms with Crippen molar-refractivity contribution in [2.75, 3.05) is 11.5 Å². The third kappa shape index (κ3) is 5.88. The number of carboxylic acid groups (broad SMARTS) is 1. The number of carbonyl (C=O) groups is 1. The first-order valence-electron chi connectivity index (χ1n) is 4.63. The maximum Gasteiger partial charge on any atom is 0.312 e. The van der Waals surface area contributed by atoms with E-state index in [1.807, 2.05) is 0 Å². The second-order valence-corrected chi connectivity index (χ2v) is 5.21. The molecule has 14 heavy (non-hydrogen) atoms. The summed E-state index contributed by atoms with van der Waals surface area (Å²) in [7, 11) is 0. The molecule has 0 saturated heterocycles. The van der Waals surface area contributed by atoms with Crippen LogP contribution < -0.4 is 0 Å². The first kappa shape index (κ1) is 14.3. The Hall–Kier alpha value is 0.260. The predicted molar refractivity (Wildman–Crippen MR) is 69.6 cm³/mol. The topological polar surface area (TPSA) is 37.3 Å². The van der Waals surface area contributed by atoms with Gasteiger partial charge in [0.15, 0.2) is 0 Å². The molecule has 0 aliphatic rings. The van der Waals surface area contributed by atoms with E-state index in [0.717, 1.165) is 18.6 Å². The van der Waals surface area contributed by atoms with Gasteiger partial charge < -0.3 is 5.11 Å². The van der Waals surface area contributed by atoms with Gasteiger partial charge in [-0.3, -0.25) is 4.79 Å². The quantitative estimate of drug-likeness (QED) is 0.540. The smallest absolute Gasteiger partial charge is 0.312 e. The van der Waals surface area contributed by atoms with Crippen LogP contribution in [0.4, 0.5) is 0 Å². The van der Waals surface area contributed by atoms with E-state index in [1.54, 1.807) is 0 Å². The average molecular weight is 252 g/mol. The Balaban J connectivity index is 4.05. The monoisotopic (exact) mass is 252 g/mol. The summed E-state index contributed by atoms with van der Waals surface area (Å²) in [4.78, 5) is 10.9. The molecule has 82 valence electrons. The molecule has 5 heteroatoms. The minimum absolute atomic E-state index is 0.478. The van der Waals surface area contributed by atoms with Crippen LogP contribution in [0.15, 0.2) is 0 Å². The van der Waals surface area contributed by atoms with Gasteiger partial charge in [-0.25, -0.2) is 0 Å². The van der Waals surface area contributed by atoms with E-state index in [1.165, 1.54) is 11.8 Å². The van der Waals surface area contributed by atoms with E-state index in [2.05, 4.69) is 19.6 Å². The molecule has 0 aromatic heterocycles. The maximum atomic E-state index is 10.9. The van der Waals surface area contributed by atoms with Crippen LogP contribution in [-0.2, 0) is 4.79 Å². The molecular weight excluding hydrogens is 236 g/mol. The average Bonchev–Trinajstić information content (AvgIpc) is 2.14. The van der Waals surface area contributed by atoms with Crippen LogP contribution in [0.3, 0.4) is 0 Å². The summed E-state index contributed by atoms with van der Waals surface area (Å²) in [5.74, 6) is 0.336. The van der Waals surface area contributed by atoms with Crippen molar-refractivity contribution < 1.29 is 9.90 Å². The summed E-state index contributed by atoms with van der Waals surface area (Å²) in [5, 5.41) is 8.94. The van der Waals surface area contributed by atoms with Gasteiger partial charge in [-0.05, 0) is 30.8 Å². The van der Waals surface area contributed by atoms with Crippen LogP contribution in [0.25, 0.3) is 0 Å². The van der Waals surface area contributed by atoms with E-state index in [0.29, 0.717) is 16.4 Å². The fraction of sp³-hybridized carbons (Fsp3) is 0.778.